The van der Waals surface area contributed by atoms with Crippen LogP contribution in [0, 0.1) is 0 Å². The van der Waals surface area contributed by atoms with E-state index in [4.69, 9.17) is 0 Å². The molecule has 1 aromatic heterocycles. The number of benzene rings is 3. The maximum absolute atomic E-state index is 12.8. The quantitative estimate of drug-likeness (QED) is 0.493. The smallest absolute Gasteiger partial charge is 0.255 e. The van der Waals surface area contributed by atoms with E-state index in [0.717, 1.165) is 28.2 Å². The van der Waals surface area contributed by atoms with Crippen LogP contribution >= 0.6 is 11.3 Å². The highest BCUT2D eigenvalue weighted by atomic mass is 32.1. The molecule has 0 aliphatic rings. The predicted octanol–water partition coefficient (Wildman–Crippen LogP) is 5.65. The van der Waals surface area contributed by atoms with E-state index >= 15 is 0 Å². The zero-order chi connectivity index (χ0) is 18.5. The zero-order valence-corrected chi connectivity index (χ0v) is 15.4. The van der Waals surface area contributed by atoms with Crippen LogP contribution in [-0.2, 0) is 6.42 Å². The number of amides is 1. The molecule has 4 aromatic rings. The van der Waals surface area contributed by atoms with Gasteiger partial charge in [-0.15, -0.1) is 11.3 Å². The standard InChI is InChI=1S/C23H18N2OS/c26-22(25-20-12-10-18(11-13-20)23-24-14-15-27-23)21-9-5-4-8-19(21)16-17-6-2-1-3-7-17/h1-15H,16H2,(H,25,26). The van der Waals surface area contributed by atoms with Crippen molar-refractivity contribution in [3.8, 4) is 10.6 Å². The summed E-state index contributed by atoms with van der Waals surface area (Å²) in [4.78, 5) is 17.1. The monoisotopic (exact) mass is 370 g/mol. The van der Waals surface area contributed by atoms with E-state index in [0.29, 0.717) is 5.56 Å². The van der Waals surface area contributed by atoms with E-state index in [1.54, 1.807) is 17.5 Å². The first-order valence-electron chi connectivity index (χ1n) is 8.73. The SMILES string of the molecule is O=C(Nc1ccc(-c2nccs2)cc1)c1ccccc1Cc1ccccc1. The molecule has 0 saturated heterocycles. The van der Waals surface area contributed by atoms with Gasteiger partial charge in [-0.1, -0.05) is 48.5 Å². The number of rotatable bonds is 5. The largest absolute Gasteiger partial charge is 0.322 e. The van der Waals surface area contributed by atoms with Gasteiger partial charge < -0.3 is 5.32 Å². The van der Waals surface area contributed by atoms with E-state index in [2.05, 4.69) is 22.4 Å². The highest BCUT2D eigenvalue weighted by molar-refractivity contribution is 7.13. The summed E-state index contributed by atoms with van der Waals surface area (Å²) in [5, 5.41) is 5.93. The molecule has 132 valence electrons. The number of nitrogens with one attached hydrogen (secondary N) is 1. The number of hydrogen-bond acceptors (Lipinski definition) is 3. The average molecular weight is 370 g/mol. The summed E-state index contributed by atoms with van der Waals surface area (Å²) < 4.78 is 0. The van der Waals surface area contributed by atoms with Crippen molar-refractivity contribution < 1.29 is 4.79 Å². The predicted molar refractivity (Wildman–Crippen MR) is 111 cm³/mol. The van der Waals surface area contributed by atoms with Crippen LogP contribution in [-0.4, -0.2) is 10.9 Å². The van der Waals surface area contributed by atoms with Gasteiger partial charge >= 0.3 is 0 Å². The van der Waals surface area contributed by atoms with Crippen molar-refractivity contribution in [2.24, 2.45) is 0 Å². The van der Waals surface area contributed by atoms with Crippen LogP contribution in [0.25, 0.3) is 10.6 Å². The molecule has 1 heterocycles. The van der Waals surface area contributed by atoms with Crippen LogP contribution < -0.4 is 5.32 Å². The van der Waals surface area contributed by atoms with Crippen molar-refractivity contribution in [3.63, 3.8) is 0 Å². The Hall–Kier alpha value is -3.24. The maximum atomic E-state index is 12.8. The van der Waals surface area contributed by atoms with E-state index < -0.39 is 0 Å². The first-order chi connectivity index (χ1) is 13.3. The Labute approximate surface area is 162 Å². The third kappa shape index (κ3) is 4.13. The lowest BCUT2D eigenvalue weighted by Gasteiger charge is -2.11. The maximum Gasteiger partial charge on any atom is 0.255 e. The molecule has 0 atom stereocenters. The molecule has 1 N–H and O–H groups in total. The number of carbonyl (C=O) groups excluding carboxylic acids is 1. The lowest BCUT2D eigenvalue weighted by Crippen LogP contribution is -2.14. The van der Waals surface area contributed by atoms with Crippen molar-refractivity contribution in [3.05, 3.63) is 107 Å². The molecule has 0 aliphatic heterocycles. The molecular formula is C23H18N2OS. The second-order valence-corrected chi connectivity index (χ2v) is 7.08. The molecule has 0 aliphatic carbocycles. The number of carbonyl (C=O) groups is 1. The van der Waals surface area contributed by atoms with Gasteiger partial charge in [0, 0.05) is 28.4 Å². The summed E-state index contributed by atoms with van der Waals surface area (Å²) in [6.07, 6.45) is 2.52. The van der Waals surface area contributed by atoms with E-state index in [-0.39, 0.29) is 5.91 Å². The second kappa shape index (κ2) is 7.98. The molecule has 0 saturated carbocycles. The average Bonchev–Trinajstić information content (AvgIpc) is 3.25. The third-order valence-electron chi connectivity index (χ3n) is 4.32. The highest BCUT2D eigenvalue weighted by Gasteiger charge is 2.12. The van der Waals surface area contributed by atoms with E-state index in [9.17, 15) is 4.79 Å². The Morgan fingerprint density at radius 1 is 0.889 bits per heavy atom. The fourth-order valence-corrected chi connectivity index (χ4v) is 3.62. The summed E-state index contributed by atoms with van der Waals surface area (Å²) in [5.74, 6) is -0.0940. The molecule has 0 fully saturated rings. The van der Waals surface area contributed by atoms with Crippen molar-refractivity contribution in [2.45, 2.75) is 6.42 Å². The van der Waals surface area contributed by atoms with Gasteiger partial charge in [-0.05, 0) is 47.9 Å². The number of aromatic nitrogens is 1. The molecule has 0 spiro atoms. The normalized spacial score (nSPS) is 10.5. The van der Waals surface area contributed by atoms with Crippen LogP contribution in [0.2, 0.25) is 0 Å². The molecule has 4 rings (SSSR count). The summed E-state index contributed by atoms with van der Waals surface area (Å²) in [7, 11) is 0. The number of anilines is 1. The zero-order valence-electron chi connectivity index (χ0n) is 14.6. The van der Waals surface area contributed by atoms with Crippen LogP contribution in [0.4, 0.5) is 5.69 Å². The Morgan fingerprint density at radius 2 is 1.63 bits per heavy atom. The first kappa shape index (κ1) is 17.2. The van der Waals surface area contributed by atoms with Crippen molar-refractivity contribution in [1.29, 1.82) is 0 Å². The molecule has 3 nitrogen and oxygen atoms in total. The summed E-state index contributed by atoms with van der Waals surface area (Å²) in [6, 6.07) is 25.7. The van der Waals surface area contributed by atoms with Crippen LogP contribution in [0.5, 0.6) is 0 Å². The number of thiazole rings is 1. The van der Waals surface area contributed by atoms with E-state index in [1.807, 2.05) is 72.1 Å². The Balaban J connectivity index is 1.52. The third-order valence-corrected chi connectivity index (χ3v) is 5.14. The fraction of sp³-hybridized carbons (Fsp3) is 0.0435. The lowest BCUT2D eigenvalue weighted by atomic mass is 9.99. The second-order valence-electron chi connectivity index (χ2n) is 6.19. The Kier molecular flexibility index (Phi) is 5.08. The molecule has 27 heavy (non-hydrogen) atoms. The fourth-order valence-electron chi connectivity index (χ4n) is 2.97. The summed E-state index contributed by atoms with van der Waals surface area (Å²) in [5.41, 5.74) is 4.72. The van der Waals surface area contributed by atoms with Gasteiger partial charge in [0.25, 0.3) is 5.91 Å². The topological polar surface area (TPSA) is 42.0 Å². The first-order valence-corrected chi connectivity index (χ1v) is 9.61. The minimum atomic E-state index is -0.0940. The minimum Gasteiger partial charge on any atom is -0.322 e. The van der Waals surface area contributed by atoms with Crippen molar-refractivity contribution in [2.75, 3.05) is 5.32 Å². The minimum absolute atomic E-state index is 0.0940. The van der Waals surface area contributed by atoms with Gasteiger partial charge in [-0.25, -0.2) is 4.98 Å². The summed E-state index contributed by atoms with van der Waals surface area (Å²) >= 11 is 1.60. The van der Waals surface area contributed by atoms with Gasteiger partial charge in [-0.3, -0.25) is 4.79 Å². The summed E-state index contributed by atoms with van der Waals surface area (Å²) in [6.45, 7) is 0. The van der Waals surface area contributed by atoms with Crippen molar-refractivity contribution >= 4 is 22.9 Å². The van der Waals surface area contributed by atoms with Crippen molar-refractivity contribution in [1.82, 2.24) is 4.98 Å². The van der Waals surface area contributed by atoms with Gasteiger partial charge in [0.05, 0.1) is 0 Å². The lowest BCUT2D eigenvalue weighted by molar-refractivity contribution is 0.102. The van der Waals surface area contributed by atoms with Gasteiger partial charge in [-0.2, -0.15) is 0 Å². The molecular weight excluding hydrogens is 352 g/mol. The molecule has 4 heteroatoms. The van der Waals surface area contributed by atoms with Crippen LogP contribution in [0.1, 0.15) is 21.5 Å². The molecule has 0 bridgehead atoms. The molecule has 3 aromatic carbocycles. The molecule has 0 unspecified atom stereocenters. The van der Waals surface area contributed by atoms with Gasteiger partial charge in [0.15, 0.2) is 0 Å². The van der Waals surface area contributed by atoms with Gasteiger partial charge in [0.2, 0.25) is 0 Å². The van der Waals surface area contributed by atoms with E-state index in [1.165, 1.54) is 5.56 Å². The van der Waals surface area contributed by atoms with Gasteiger partial charge in [0.1, 0.15) is 5.01 Å². The van der Waals surface area contributed by atoms with Crippen LogP contribution in [0.3, 0.4) is 0 Å². The molecule has 1 amide bonds. The number of hydrogen-bond donors (Lipinski definition) is 1. The Morgan fingerprint density at radius 3 is 2.37 bits per heavy atom. The molecule has 0 radical (unpaired) electrons. The highest BCUT2D eigenvalue weighted by Crippen LogP contribution is 2.24. The number of nitrogens with zero attached hydrogens (tertiary/aromatic N) is 1. The van der Waals surface area contributed by atoms with Crippen LogP contribution in [0.15, 0.2) is 90.4 Å². The Bertz CT molecular complexity index is 1030.